The van der Waals surface area contributed by atoms with Crippen LogP contribution < -0.4 is 5.32 Å². The highest BCUT2D eigenvalue weighted by Crippen LogP contribution is 2.32. The highest BCUT2D eigenvalue weighted by molar-refractivity contribution is 4.88. The van der Waals surface area contributed by atoms with Gasteiger partial charge in [0, 0.05) is 18.1 Å². The molecule has 1 N–H and O–H groups in total. The average molecular weight is 252 g/mol. The van der Waals surface area contributed by atoms with Gasteiger partial charge in [-0.15, -0.1) is 0 Å². The zero-order valence-corrected chi connectivity index (χ0v) is 12.8. The van der Waals surface area contributed by atoms with Crippen molar-refractivity contribution in [2.45, 2.75) is 77.9 Å². The maximum absolute atomic E-state index is 3.97. The first kappa shape index (κ1) is 14.3. The molecule has 106 valence electrons. The maximum atomic E-state index is 3.97. The van der Waals surface area contributed by atoms with Crippen molar-refractivity contribution >= 4 is 0 Å². The fraction of sp³-hybridized carbons (Fsp3) is 1.00. The summed E-state index contributed by atoms with van der Waals surface area (Å²) >= 11 is 0. The molecule has 2 nitrogen and oxygen atoms in total. The minimum atomic E-state index is 0.717. The molecule has 1 aliphatic heterocycles. The fourth-order valence-corrected chi connectivity index (χ4v) is 3.70. The van der Waals surface area contributed by atoms with E-state index in [0.717, 1.165) is 23.9 Å². The number of hydrogen-bond donors (Lipinski definition) is 1. The Morgan fingerprint density at radius 2 is 1.78 bits per heavy atom. The van der Waals surface area contributed by atoms with Crippen LogP contribution in [0.2, 0.25) is 0 Å². The van der Waals surface area contributed by atoms with Crippen LogP contribution in [0.5, 0.6) is 0 Å². The first-order valence-corrected chi connectivity index (χ1v) is 8.08. The summed E-state index contributed by atoms with van der Waals surface area (Å²) in [5.41, 5.74) is 0. The first-order chi connectivity index (χ1) is 8.58. The average Bonchev–Trinajstić information content (AvgIpc) is 2.58. The lowest BCUT2D eigenvalue weighted by molar-refractivity contribution is 0.227. The number of likely N-dealkylation sites (tertiary alicyclic amines) is 1. The quantitative estimate of drug-likeness (QED) is 0.829. The lowest BCUT2D eigenvalue weighted by Crippen LogP contribution is -2.41. The molecule has 1 aliphatic carbocycles. The van der Waals surface area contributed by atoms with Crippen LogP contribution in [0.15, 0.2) is 0 Å². The summed E-state index contributed by atoms with van der Waals surface area (Å²) in [5, 5.41) is 3.97. The summed E-state index contributed by atoms with van der Waals surface area (Å²) < 4.78 is 0. The molecule has 0 aromatic heterocycles. The van der Waals surface area contributed by atoms with Gasteiger partial charge < -0.3 is 10.2 Å². The predicted molar refractivity (Wildman–Crippen MR) is 78.8 cm³/mol. The third kappa shape index (κ3) is 3.48. The van der Waals surface area contributed by atoms with Gasteiger partial charge in [0.05, 0.1) is 0 Å². The second-order valence-electron chi connectivity index (χ2n) is 6.94. The van der Waals surface area contributed by atoms with E-state index >= 15 is 0 Å². The van der Waals surface area contributed by atoms with Crippen LogP contribution in [0.4, 0.5) is 0 Å². The molecule has 4 atom stereocenters. The monoisotopic (exact) mass is 252 g/mol. The smallest absolute Gasteiger partial charge is 0.00979 e. The molecular formula is C16H32N2. The molecule has 0 aromatic rings. The zero-order chi connectivity index (χ0) is 13.1. The van der Waals surface area contributed by atoms with Gasteiger partial charge in [-0.05, 0) is 70.9 Å². The van der Waals surface area contributed by atoms with E-state index in [9.17, 15) is 0 Å². The predicted octanol–water partition coefficient (Wildman–Crippen LogP) is 3.27. The highest BCUT2D eigenvalue weighted by atomic mass is 15.2. The molecular weight excluding hydrogens is 220 g/mol. The molecule has 4 unspecified atom stereocenters. The van der Waals surface area contributed by atoms with Gasteiger partial charge in [-0.25, -0.2) is 0 Å². The molecule has 1 heterocycles. The van der Waals surface area contributed by atoms with Gasteiger partial charge in [0.15, 0.2) is 0 Å². The lowest BCUT2D eigenvalue weighted by Gasteiger charge is -2.27. The van der Waals surface area contributed by atoms with Gasteiger partial charge in [0.2, 0.25) is 0 Å². The molecule has 2 fully saturated rings. The van der Waals surface area contributed by atoms with Gasteiger partial charge in [0.25, 0.3) is 0 Å². The van der Waals surface area contributed by atoms with E-state index in [1.54, 1.807) is 0 Å². The minimum Gasteiger partial charge on any atom is -0.311 e. The summed E-state index contributed by atoms with van der Waals surface area (Å²) in [5.74, 6) is 1.79. The van der Waals surface area contributed by atoms with Crippen LogP contribution in [0.3, 0.4) is 0 Å². The van der Waals surface area contributed by atoms with Crippen LogP contribution in [-0.4, -0.2) is 36.1 Å². The van der Waals surface area contributed by atoms with Crippen molar-refractivity contribution in [2.75, 3.05) is 13.1 Å². The minimum absolute atomic E-state index is 0.717. The second kappa shape index (κ2) is 6.38. The standard InChI is InChI=1S/C16H32N2/c1-12(2)18-10-5-6-15(9-11-18)17-16-8-7-13(3)14(16)4/h12-17H,5-11H2,1-4H3. The van der Waals surface area contributed by atoms with E-state index in [4.69, 9.17) is 0 Å². The molecule has 0 radical (unpaired) electrons. The normalized spacial score (nSPS) is 39.2. The molecule has 2 rings (SSSR count). The van der Waals surface area contributed by atoms with Crippen molar-refractivity contribution in [1.82, 2.24) is 10.2 Å². The highest BCUT2D eigenvalue weighted by Gasteiger charge is 2.31. The Balaban J connectivity index is 1.80. The zero-order valence-electron chi connectivity index (χ0n) is 12.8. The largest absolute Gasteiger partial charge is 0.311 e. The molecule has 2 heteroatoms. The number of nitrogens with one attached hydrogen (secondary N) is 1. The molecule has 0 bridgehead atoms. The Morgan fingerprint density at radius 1 is 1.00 bits per heavy atom. The van der Waals surface area contributed by atoms with Gasteiger partial charge in [-0.1, -0.05) is 13.8 Å². The van der Waals surface area contributed by atoms with Gasteiger partial charge >= 0.3 is 0 Å². The molecule has 18 heavy (non-hydrogen) atoms. The van der Waals surface area contributed by atoms with Crippen molar-refractivity contribution in [1.29, 1.82) is 0 Å². The Morgan fingerprint density at radius 3 is 2.39 bits per heavy atom. The van der Waals surface area contributed by atoms with Crippen molar-refractivity contribution in [3.05, 3.63) is 0 Å². The molecule has 2 aliphatic rings. The van der Waals surface area contributed by atoms with E-state index in [0.29, 0.717) is 6.04 Å². The van der Waals surface area contributed by atoms with Crippen molar-refractivity contribution in [3.63, 3.8) is 0 Å². The van der Waals surface area contributed by atoms with E-state index < -0.39 is 0 Å². The third-order valence-electron chi connectivity index (χ3n) is 5.41. The van der Waals surface area contributed by atoms with Crippen LogP contribution in [-0.2, 0) is 0 Å². The maximum Gasteiger partial charge on any atom is 0.00979 e. The van der Waals surface area contributed by atoms with E-state index in [2.05, 4.69) is 37.9 Å². The molecule has 1 saturated heterocycles. The van der Waals surface area contributed by atoms with Crippen LogP contribution >= 0.6 is 0 Å². The fourth-order valence-electron chi connectivity index (χ4n) is 3.70. The third-order valence-corrected chi connectivity index (χ3v) is 5.41. The van der Waals surface area contributed by atoms with Crippen molar-refractivity contribution in [3.8, 4) is 0 Å². The Bertz CT molecular complexity index is 251. The summed E-state index contributed by atoms with van der Waals surface area (Å²) in [7, 11) is 0. The molecule has 0 aromatic carbocycles. The van der Waals surface area contributed by atoms with Gasteiger partial charge in [0.1, 0.15) is 0 Å². The Kier molecular flexibility index (Phi) is 5.08. The summed E-state index contributed by atoms with van der Waals surface area (Å²) in [6, 6.07) is 2.27. The summed E-state index contributed by atoms with van der Waals surface area (Å²) in [6.07, 6.45) is 6.90. The SMILES string of the molecule is CC1CCC(NC2CCCN(C(C)C)CC2)C1C. The Hall–Kier alpha value is -0.0800. The topological polar surface area (TPSA) is 15.3 Å². The van der Waals surface area contributed by atoms with Crippen LogP contribution in [0.1, 0.15) is 59.8 Å². The number of rotatable bonds is 3. The van der Waals surface area contributed by atoms with Crippen molar-refractivity contribution < 1.29 is 0 Å². The Labute approximate surface area is 114 Å². The van der Waals surface area contributed by atoms with Crippen molar-refractivity contribution in [2.24, 2.45) is 11.8 Å². The van der Waals surface area contributed by atoms with Crippen LogP contribution in [0, 0.1) is 11.8 Å². The molecule has 1 saturated carbocycles. The summed E-state index contributed by atoms with van der Waals surface area (Å²) in [6.45, 7) is 12.1. The first-order valence-electron chi connectivity index (χ1n) is 8.08. The molecule has 0 spiro atoms. The lowest BCUT2D eigenvalue weighted by atomic mass is 9.96. The summed E-state index contributed by atoms with van der Waals surface area (Å²) in [4.78, 5) is 2.64. The van der Waals surface area contributed by atoms with Gasteiger partial charge in [-0.3, -0.25) is 0 Å². The number of nitrogens with zero attached hydrogens (tertiary/aromatic N) is 1. The van der Waals surface area contributed by atoms with E-state index in [-0.39, 0.29) is 0 Å². The molecule has 0 amide bonds. The second-order valence-corrected chi connectivity index (χ2v) is 6.94. The van der Waals surface area contributed by atoms with Crippen LogP contribution in [0.25, 0.3) is 0 Å². The number of hydrogen-bond acceptors (Lipinski definition) is 2. The van der Waals surface area contributed by atoms with E-state index in [1.807, 2.05) is 0 Å². The van der Waals surface area contributed by atoms with E-state index in [1.165, 1.54) is 45.2 Å². The van der Waals surface area contributed by atoms with Gasteiger partial charge in [-0.2, -0.15) is 0 Å².